The Morgan fingerprint density at radius 1 is 0.457 bits per heavy atom. The Labute approximate surface area is 268 Å². The van der Waals surface area contributed by atoms with E-state index in [1.54, 1.807) is 0 Å². The van der Waals surface area contributed by atoms with Crippen LogP contribution in [0.1, 0.15) is 0 Å². The largest absolute Gasteiger partial charge is 0.375 e. The van der Waals surface area contributed by atoms with Gasteiger partial charge in [0.2, 0.25) is 0 Å². The van der Waals surface area contributed by atoms with Crippen LogP contribution >= 0.6 is 0 Å². The topological polar surface area (TPSA) is 11.4 Å². The summed E-state index contributed by atoms with van der Waals surface area (Å²) in [5, 5.41) is 2.60. The number of fused-ring (bicyclic) bond motifs is 7. The summed E-state index contributed by atoms with van der Waals surface area (Å²) in [7, 11) is 0. The van der Waals surface area contributed by atoms with Crippen LogP contribution in [0.2, 0.25) is 0 Å². The highest BCUT2D eigenvalue weighted by atomic mass is 15.2. The van der Waals surface area contributed by atoms with Gasteiger partial charge in [-0.15, -0.1) is 0 Å². The van der Waals surface area contributed by atoms with Crippen LogP contribution in [0.5, 0.6) is 0 Å². The van der Waals surface area contributed by atoms with Crippen molar-refractivity contribution in [3.05, 3.63) is 170 Å². The van der Waals surface area contributed by atoms with Gasteiger partial charge in [-0.2, -0.15) is 0 Å². The van der Waals surface area contributed by atoms with Crippen molar-refractivity contribution in [2.24, 2.45) is 0 Å². The maximum Gasteiger partial charge on any atom is 0.333 e. The third-order valence-electron chi connectivity index (χ3n) is 9.71. The van der Waals surface area contributed by atoms with Crippen LogP contribution in [0, 0.1) is 0 Å². The van der Waals surface area contributed by atoms with Crippen molar-refractivity contribution in [1.82, 2.24) is 4.48 Å². The van der Waals surface area contributed by atoms with E-state index in [9.17, 15) is 0 Å². The maximum atomic E-state index is 2.61. The van der Waals surface area contributed by atoms with E-state index in [1.807, 2.05) is 0 Å². The average molecular weight is 586 g/mol. The van der Waals surface area contributed by atoms with Crippen LogP contribution in [-0.2, 0) is 0 Å². The number of aromatic nitrogens is 1. The zero-order valence-corrected chi connectivity index (χ0v) is 25.1. The zero-order valence-electron chi connectivity index (χ0n) is 25.1. The van der Waals surface area contributed by atoms with Crippen LogP contribution < -0.4 is 20.7 Å². The van der Waals surface area contributed by atoms with E-state index < -0.39 is 0 Å². The highest BCUT2D eigenvalue weighted by molar-refractivity contribution is 6.90. The molecule has 0 saturated heterocycles. The fourth-order valence-electron chi connectivity index (χ4n) is 7.92. The van der Waals surface area contributed by atoms with E-state index in [1.165, 1.54) is 55.2 Å². The Bertz CT molecular complexity index is 2390. The minimum Gasteiger partial charge on any atom is -0.375 e. The number of para-hydroxylation sites is 6. The van der Waals surface area contributed by atoms with Gasteiger partial charge in [0.1, 0.15) is 0 Å². The van der Waals surface area contributed by atoms with Crippen molar-refractivity contribution in [3.8, 4) is 11.1 Å². The molecule has 3 nitrogen and oxygen atoms in total. The monoisotopic (exact) mass is 585 g/mol. The molecule has 4 heteroatoms. The van der Waals surface area contributed by atoms with E-state index in [4.69, 9.17) is 0 Å². The first-order valence-electron chi connectivity index (χ1n) is 15.9. The van der Waals surface area contributed by atoms with Gasteiger partial charge >= 0.3 is 6.85 Å². The molecule has 2 aliphatic heterocycles. The van der Waals surface area contributed by atoms with Crippen molar-refractivity contribution in [1.29, 1.82) is 0 Å². The van der Waals surface area contributed by atoms with Crippen LogP contribution in [-0.4, -0.2) is 11.3 Å². The Balaban J connectivity index is 1.37. The molecule has 214 valence electrons. The predicted molar refractivity (Wildman–Crippen MR) is 195 cm³/mol. The highest BCUT2D eigenvalue weighted by Gasteiger charge is 2.43. The van der Waals surface area contributed by atoms with Gasteiger partial charge in [0.15, 0.2) is 0 Å². The number of anilines is 6. The second kappa shape index (κ2) is 9.75. The van der Waals surface area contributed by atoms with Gasteiger partial charge in [-0.25, -0.2) is 0 Å². The van der Waals surface area contributed by atoms with Gasteiger partial charge < -0.3 is 14.3 Å². The summed E-state index contributed by atoms with van der Waals surface area (Å²) in [6.45, 7) is 0.0365. The van der Waals surface area contributed by atoms with Gasteiger partial charge in [-0.3, -0.25) is 0 Å². The summed E-state index contributed by atoms with van der Waals surface area (Å²) in [6.07, 6.45) is 0. The molecule has 0 aliphatic carbocycles. The molecule has 46 heavy (non-hydrogen) atoms. The minimum atomic E-state index is 0.0365. The summed E-state index contributed by atoms with van der Waals surface area (Å²) in [5.74, 6) is 0. The number of rotatable bonds is 4. The fraction of sp³-hybridized carbons (Fsp3) is 0. The first-order valence-corrected chi connectivity index (χ1v) is 15.9. The molecule has 0 saturated carbocycles. The number of hydrogen-bond acceptors (Lipinski definition) is 2. The molecule has 0 atom stereocenters. The van der Waals surface area contributed by atoms with E-state index >= 15 is 0 Å². The molecule has 8 aromatic rings. The van der Waals surface area contributed by atoms with E-state index in [2.05, 4.69) is 184 Å². The summed E-state index contributed by atoms with van der Waals surface area (Å²) >= 11 is 0. The van der Waals surface area contributed by atoms with Gasteiger partial charge in [-0.1, -0.05) is 109 Å². The molecule has 0 amide bonds. The molecule has 2 aliphatic rings. The lowest BCUT2D eigenvalue weighted by Gasteiger charge is -2.41. The van der Waals surface area contributed by atoms with Crippen LogP contribution in [0.25, 0.3) is 32.9 Å². The summed E-state index contributed by atoms with van der Waals surface area (Å²) in [5.41, 5.74) is 14.7. The molecule has 1 aromatic heterocycles. The molecule has 0 fully saturated rings. The van der Waals surface area contributed by atoms with E-state index in [-0.39, 0.29) is 6.85 Å². The normalized spacial score (nSPS) is 12.7. The number of benzene rings is 7. The van der Waals surface area contributed by atoms with Gasteiger partial charge in [-0.05, 0) is 77.2 Å². The lowest BCUT2D eigenvalue weighted by Crippen LogP contribution is -2.56. The summed E-state index contributed by atoms with van der Waals surface area (Å²) in [4.78, 5) is 4.86. The van der Waals surface area contributed by atoms with Crippen LogP contribution in [0.3, 0.4) is 0 Å². The van der Waals surface area contributed by atoms with Gasteiger partial charge in [0.25, 0.3) is 0 Å². The van der Waals surface area contributed by atoms with E-state index in [0.29, 0.717) is 0 Å². The molecule has 0 bridgehead atoms. The Morgan fingerprint density at radius 3 is 1.85 bits per heavy atom. The molecule has 0 radical (unpaired) electrons. The molecule has 0 unspecified atom stereocenters. The minimum absolute atomic E-state index is 0.0365. The van der Waals surface area contributed by atoms with Crippen molar-refractivity contribution < 1.29 is 0 Å². The Morgan fingerprint density at radius 2 is 1.09 bits per heavy atom. The van der Waals surface area contributed by atoms with Crippen molar-refractivity contribution >= 4 is 73.7 Å². The highest BCUT2D eigenvalue weighted by Crippen LogP contribution is 2.48. The van der Waals surface area contributed by atoms with Gasteiger partial charge in [0.05, 0.1) is 0 Å². The lowest BCUT2D eigenvalue weighted by atomic mass is 9.45. The fourth-order valence-corrected chi connectivity index (χ4v) is 7.92. The smallest absolute Gasteiger partial charge is 0.333 e. The maximum absolute atomic E-state index is 2.61. The molecule has 0 spiro atoms. The van der Waals surface area contributed by atoms with Crippen molar-refractivity contribution in [2.45, 2.75) is 0 Å². The predicted octanol–water partition coefficient (Wildman–Crippen LogP) is 9.68. The van der Waals surface area contributed by atoms with Crippen LogP contribution in [0.15, 0.2) is 170 Å². The third kappa shape index (κ3) is 3.50. The first kappa shape index (κ1) is 25.3. The Kier molecular flexibility index (Phi) is 5.37. The quantitative estimate of drug-likeness (QED) is 0.191. The second-order valence-electron chi connectivity index (χ2n) is 12.2. The van der Waals surface area contributed by atoms with Crippen LogP contribution in [0.4, 0.5) is 34.1 Å². The van der Waals surface area contributed by atoms with E-state index in [0.717, 1.165) is 22.7 Å². The lowest BCUT2D eigenvalue weighted by molar-refractivity contribution is 1.23. The second-order valence-corrected chi connectivity index (χ2v) is 12.2. The number of hydrogen-bond donors (Lipinski definition) is 0. The summed E-state index contributed by atoms with van der Waals surface area (Å²) < 4.78 is 2.61. The number of nitrogens with zero attached hydrogens (tertiary/aromatic N) is 3. The molecular formula is C42H28BN3. The molecule has 3 heterocycles. The Hall–Kier alpha value is -6.00. The molecule has 0 N–H and O–H groups in total. The zero-order chi connectivity index (χ0) is 30.2. The van der Waals surface area contributed by atoms with Crippen molar-refractivity contribution in [3.63, 3.8) is 0 Å². The standard InChI is InChI=1S/C42H28BN3/c1-4-15-29(16-5-1)44(30-17-6-2-7-18-30)32-27-36-35-23-14-22-34-33-21-10-12-25-38(33)46(42(34)35)43-37-24-11-13-26-39(37)45(40(28-32)41(36)43)31-19-8-3-9-20-31/h1-28H. The average Bonchev–Trinajstić information content (AvgIpc) is 3.46. The molecular weight excluding hydrogens is 557 g/mol. The summed E-state index contributed by atoms with van der Waals surface area (Å²) in [6, 6.07) is 61.8. The third-order valence-corrected chi connectivity index (χ3v) is 9.71. The first-order chi connectivity index (χ1) is 22.9. The SMILES string of the molecule is c1ccc(N(c2ccccc2)c2cc3c4c(c2)N(c2ccccc2)c2ccccc2B4n2c4ccccc4c4cccc-3c42)cc1. The van der Waals surface area contributed by atoms with Crippen molar-refractivity contribution in [2.75, 3.05) is 9.80 Å². The molecule has 10 rings (SSSR count). The molecule has 7 aromatic carbocycles. The van der Waals surface area contributed by atoms with Gasteiger partial charge in [0, 0.05) is 61.5 Å².